The first kappa shape index (κ1) is 14.9. The number of rotatable bonds is 6. The Kier molecular flexibility index (Phi) is 4.41. The number of hydrogen-bond donors (Lipinski definition) is 3. The van der Waals surface area contributed by atoms with Crippen molar-refractivity contribution in [1.82, 2.24) is 14.7 Å². The van der Waals surface area contributed by atoms with Gasteiger partial charge in [-0.15, -0.1) is 11.3 Å². The number of nitrogens with zero attached hydrogens (tertiary/aromatic N) is 2. The molecule has 0 unspecified atom stereocenters. The van der Waals surface area contributed by atoms with Crippen molar-refractivity contribution < 1.29 is 8.42 Å². The van der Waals surface area contributed by atoms with Crippen molar-refractivity contribution in [2.75, 3.05) is 30.4 Å². The van der Waals surface area contributed by atoms with Crippen LogP contribution in [0.15, 0.2) is 6.07 Å². The Morgan fingerprint density at radius 2 is 2.15 bits per heavy atom. The number of aromatic nitrogens is 2. The van der Waals surface area contributed by atoms with Crippen molar-refractivity contribution >= 4 is 43.3 Å². The van der Waals surface area contributed by atoms with E-state index in [2.05, 4.69) is 26.9 Å². The predicted molar refractivity (Wildman–Crippen MR) is 82.5 cm³/mol. The molecule has 2 rings (SSSR count). The van der Waals surface area contributed by atoms with E-state index in [9.17, 15) is 8.42 Å². The average Bonchev–Trinajstić information content (AvgIpc) is 2.81. The smallest absolute Gasteiger partial charge is 0.223 e. The van der Waals surface area contributed by atoms with E-state index in [-0.39, 0.29) is 18.2 Å². The molecule has 0 aliphatic rings. The first-order chi connectivity index (χ1) is 9.45. The van der Waals surface area contributed by atoms with Crippen molar-refractivity contribution in [3.8, 4) is 0 Å². The summed E-state index contributed by atoms with van der Waals surface area (Å²) in [5.41, 5.74) is 5.67. The highest BCUT2D eigenvalue weighted by atomic mass is 32.2. The van der Waals surface area contributed by atoms with Crippen LogP contribution in [0.2, 0.25) is 0 Å². The standard InChI is InChI=1S/C11H17N5O2S2/c1-3-7-6-8-9(14-4-5-20(17,18)13-2)15-11(12)16-10(8)19-7/h6,13H,3-5H2,1-2H3,(H3,12,14,15,16). The van der Waals surface area contributed by atoms with Crippen molar-refractivity contribution in [1.29, 1.82) is 0 Å². The first-order valence-electron chi connectivity index (χ1n) is 6.16. The first-order valence-corrected chi connectivity index (χ1v) is 8.63. The fraction of sp³-hybridized carbons (Fsp3) is 0.455. The highest BCUT2D eigenvalue weighted by molar-refractivity contribution is 7.89. The normalized spacial score (nSPS) is 11.9. The molecule has 2 aromatic rings. The van der Waals surface area contributed by atoms with E-state index in [4.69, 9.17) is 5.73 Å². The minimum absolute atomic E-state index is 0.0281. The van der Waals surface area contributed by atoms with Gasteiger partial charge in [0, 0.05) is 11.4 Å². The second-order valence-electron chi connectivity index (χ2n) is 4.17. The van der Waals surface area contributed by atoms with Gasteiger partial charge in [0.1, 0.15) is 10.6 Å². The molecule has 0 atom stereocenters. The van der Waals surface area contributed by atoms with Crippen LogP contribution in [-0.2, 0) is 16.4 Å². The summed E-state index contributed by atoms with van der Waals surface area (Å²) >= 11 is 1.57. The fourth-order valence-electron chi connectivity index (χ4n) is 1.70. The molecule has 0 fully saturated rings. The molecular weight excluding hydrogens is 298 g/mol. The van der Waals surface area contributed by atoms with Crippen LogP contribution < -0.4 is 15.8 Å². The van der Waals surface area contributed by atoms with E-state index in [1.165, 1.54) is 11.9 Å². The lowest BCUT2D eigenvalue weighted by atomic mass is 10.3. The lowest BCUT2D eigenvalue weighted by Crippen LogP contribution is -2.26. The number of anilines is 2. The van der Waals surface area contributed by atoms with Gasteiger partial charge in [-0.25, -0.2) is 18.1 Å². The number of nitrogens with one attached hydrogen (secondary N) is 2. The van der Waals surface area contributed by atoms with Gasteiger partial charge in [0.05, 0.1) is 11.1 Å². The van der Waals surface area contributed by atoms with Crippen LogP contribution in [0.25, 0.3) is 10.2 Å². The molecule has 20 heavy (non-hydrogen) atoms. The molecule has 0 bridgehead atoms. The van der Waals surface area contributed by atoms with Crippen LogP contribution in [-0.4, -0.2) is 37.7 Å². The fourth-order valence-corrected chi connectivity index (χ4v) is 3.25. The van der Waals surface area contributed by atoms with Crippen molar-refractivity contribution in [3.63, 3.8) is 0 Å². The zero-order valence-corrected chi connectivity index (χ0v) is 12.9. The minimum Gasteiger partial charge on any atom is -0.368 e. The van der Waals surface area contributed by atoms with Gasteiger partial charge in [0.15, 0.2) is 0 Å². The molecule has 0 aliphatic heterocycles. The van der Waals surface area contributed by atoms with E-state index in [0.29, 0.717) is 5.82 Å². The summed E-state index contributed by atoms with van der Waals surface area (Å²) in [6.45, 7) is 2.32. The molecule has 0 aromatic carbocycles. The number of nitrogen functional groups attached to an aromatic ring is 1. The Morgan fingerprint density at radius 1 is 1.40 bits per heavy atom. The third-order valence-corrected chi connectivity index (χ3v) is 5.32. The largest absolute Gasteiger partial charge is 0.368 e. The van der Waals surface area contributed by atoms with Crippen molar-refractivity contribution in [2.24, 2.45) is 0 Å². The van der Waals surface area contributed by atoms with Gasteiger partial charge in [-0.1, -0.05) is 6.92 Å². The van der Waals surface area contributed by atoms with Crippen molar-refractivity contribution in [3.05, 3.63) is 10.9 Å². The zero-order valence-electron chi connectivity index (χ0n) is 11.3. The maximum absolute atomic E-state index is 11.4. The summed E-state index contributed by atoms with van der Waals surface area (Å²) in [7, 11) is -1.85. The third kappa shape index (κ3) is 3.35. The number of fused-ring (bicyclic) bond motifs is 1. The highest BCUT2D eigenvalue weighted by Crippen LogP contribution is 2.29. The van der Waals surface area contributed by atoms with Gasteiger partial charge < -0.3 is 11.1 Å². The predicted octanol–water partition coefficient (Wildman–Crippen LogP) is 0.797. The Morgan fingerprint density at radius 3 is 2.80 bits per heavy atom. The minimum atomic E-state index is -3.24. The number of nitrogens with two attached hydrogens (primary N) is 1. The molecule has 0 aliphatic carbocycles. The van der Waals surface area contributed by atoms with E-state index in [1.54, 1.807) is 11.3 Å². The van der Waals surface area contributed by atoms with Gasteiger partial charge >= 0.3 is 0 Å². The summed E-state index contributed by atoms with van der Waals surface area (Å²) in [6.07, 6.45) is 0.911. The van der Waals surface area contributed by atoms with E-state index in [1.807, 2.05) is 6.07 Å². The van der Waals surface area contributed by atoms with E-state index < -0.39 is 10.0 Å². The lowest BCUT2D eigenvalue weighted by molar-refractivity contribution is 0.588. The van der Waals surface area contributed by atoms with Gasteiger partial charge in [0.25, 0.3) is 0 Å². The monoisotopic (exact) mass is 315 g/mol. The van der Waals surface area contributed by atoms with Crippen LogP contribution in [0.3, 0.4) is 0 Å². The van der Waals surface area contributed by atoms with Crippen LogP contribution >= 0.6 is 11.3 Å². The lowest BCUT2D eigenvalue weighted by Gasteiger charge is -2.07. The molecule has 9 heteroatoms. The Bertz CT molecular complexity index is 711. The van der Waals surface area contributed by atoms with Gasteiger partial charge in [0.2, 0.25) is 16.0 Å². The SMILES string of the molecule is CCc1cc2c(NCCS(=O)(=O)NC)nc(N)nc2s1. The molecular formula is C11H17N5O2S2. The summed E-state index contributed by atoms with van der Waals surface area (Å²) in [5, 5.41) is 3.89. The number of sulfonamides is 1. The van der Waals surface area contributed by atoms with E-state index in [0.717, 1.165) is 16.6 Å². The van der Waals surface area contributed by atoms with Gasteiger partial charge in [-0.05, 0) is 19.5 Å². The number of hydrogen-bond acceptors (Lipinski definition) is 7. The highest BCUT2D eigenvalue weighted by Gasteiger charge is 2.11. The average molecular weight is 315 g/mol. The molecule has 0 saturated heterocycles. The molecule has 0 saturated carbocycles. The van der Waals surface area contributed by atoms with E-state index >= 15 is 0 Å². The Hall–Kier alpha value is -1.45. The van der Waals surface area contributed by atoms with Crippen LogP contribution in [0, 0.1) is 0 Å². The maximum atomic E-state index is 11.4. The summed E-state index contributed by atoms with van der Waals surface area (Å²) in [6, 6.07) is 2.01. The van der Waals surface area contributed by atoms with Crippen LogP contribution in [0.4, 0.5) is 11.8 Å². The molecule has 0 amide bonds. The summed E-state index contributed by atoms with van der Waals surface area (Å²) < 4.78 is 25.0. The summed E-state index contributed by atoms with van der Waals surface area (Å²) in [4.78, 5) is 10.3. The number of aryl methyl sites for hydroxylation is 1. The Labute approximate surface area is 121 Å². The number of thiophene rings is 1. The molecule has 0 radical (unpaired) electrons. The second kappa shape index (κ2) is 5.90. The van der Waals surface area contributed by atoms with Gasteiger partial charge in [-0.3, -0.25) is 0 Å². The Balaban J connectivity index is 2.22. The summed E-state index contributed by atoms with van der Waals surface area (Å²) in [5.74, 6) is 0.732. The maximum Gasteiger partial charge on any atom is 0.223 e. The van der Waals surface area contributed by atoms with Crippen molar-refractivity contribution in [2.45, 2.75) is 13.3 Å². The van der Waals surface area contributed by atoms with Crippen LogP contribution in [0.1, 0.15) is 11.8 Å². The third-order valence-electron chi connectivity index (χ3n) is 2.78. The molecule has 7 nitrogen and oxygen atoms in total. The molecule has 2 aromatic heterocycles. The molecule has 0 spiro atoms. The zero-order chi connectivity index (χ0) is 14.8. The topological polar surface area (TPSA) is 110 Å². The molecule has 2 heterocycles. The van der Waals surface area contributed by atoms with Gasteiger partial charge in [-0.2, -0.15) is 4.98 Å². The van der Waals surface area contributed by atoms with Crippen LogP contribution in [0.5, 0.6) is 0 Å². The molecule has 110 valence electrons. The quantitative estimate of drug-likeness (QED) is 0.727. The molecule has 4 N–H and O–H groups in total. The second-order valence-corrected chi connectivity index (χ2v) is 7.33.